The second-order valence-corrected chi connectivity index (χ2v) is 4.30. The van der Waals surface area contributed by atoms with Gasteiger partial charge in [-0.25, -0.2) is 0 Å². The van der Waals surface area contributed by atoms with E-state index in [1.165, 1.54) is 19.3 Å². The molecule has 0 amide bonds. The van der Waals surface area contributed by atoms with E-state index >= 15 is 0 Å². The third kappa shape index (κ3) is 2.30. The summed E-state index contributed by atoms with van der Waals surface area (Å²) >= 11 is 1.97. The first-order valence-electron chi connectivity index (χ1n) is 4.14. The Balaban J connectivity index is 2.32. The Morgan fingerprint density at radius 1 is 1.64 bits per heavy atom. The maximum absolute atomic E-state index is 8.44. The molecule has 62 valence electrons. The van der Waals surface area contributed by atoms with Crippen LogP contribution in [0.1, 0.15) is 26.2 Å². The number of rotatable bonds is 3. The van der Waals surface area contributed by atoms with E-state index in [4.69, 9.17) is 5.26 Å². The van der Waals surface area contributed by atoms with Crippen molar-refractivity contribution in [3.8, 4) is 6.19 Å². The van der Waals surface area contributed by atoms with Gasteiger partial charge in [-0.1, -0.05) is 13.3 Å². The molecule has 1 N–H and O–H groups in total. The van der Waals surface area contributed by atoms with Crippen LogP contribution >= 0.6 is 11.8 Å². The highest BCUT2D eigenvalue weighted by molar-refractivity contribution is 7.99. The van der Waals surface area contributed by atoms with E-state index in [2.05, 4.69) is 12.2 Å². The summed E-state index contributed by atoms with van der Waals surface area (Å²) in [6.07, 6.45) is 5.76. The second kappa shape index (κ2) is 4.50. The SMILES string of the molecule is CCSC1CCCC1NC#N. The van der Waals surface area contributed by atoms with Crippen molar-refractivity contribution in [2.75, 3.05) is 5.75 Å². The number of hydrogen-bond acceptors (Lipinski definition) is 3. The van der Waals surface area contributed by atoms with Crippen LogP contribution in [0.3, 0.4) is 0 Å². The van der Waals surface area contributed by atoms with Gasteiger partial charge in [-0.3, -0.25) is 0 Å². The quantitative estimate of drug-likeness (QED) is 0.517. The van der Waals surface area contributed by atoms with Crippen LogP contribution < -0.4 is 5.32 Å². The maximum Gasteiger partial charge on any atom is 0.176 e. The summed E-state index contributed by atoms with van der Waals surface area (Å²) in [6.45, 7) is 2.17. The van der Waals surface area contributed by atoms with Gasteiger partial charge in [0.25, 0.3) is 0 Å². The largest absolute Gasteiger partial charge is 0.320 e. The number of hydrogen-bond donors (Lipinski definition) is 1. The molecule has 2 atom stereocenters. The van der Waals surface area contributed by atoms with Crippen molar-refractivity contribution in [3.05, 3.63) is 0 Å². The van der Waals surface area contributed by atoms with Crippen molar-refractivity contribution < 1.29 is 0 Å². The molecule has 0 saturated heterocycles. The first-order valence-corrected chi connectivity index (χ1v) is 5.19. The van der Waals surface area contributed by atoms with Gasteiger partial charge in [0, 0.05) is 11.3 Å². The highest BCUT2D eigenvalue weighted by atomic mass is 32.2. The Kier molecular flexibility index (Phi) is 3.58. The summed E-state index contributed by atoms with van der Waals surface area (Å²) in [4.78, 5) is 0. The number of nitriles is 1. The van der Waals surface area contributed by atoms with Crippen molar-refractivity contribution in [3.63, 3.8) is 0 Å². The zero-order valence-electron chi connectivity index (χ0n) is 6.84. The van der Waals surface area contributed by atoms with Crippen LogP contribution in [0.15, 0.2) is 0 Å². The Morgan fingerprint density at radius 3 is 3.09 bits per heavy atom. The molecular weight excluding hydrogens is 156 g/mol. The van der Waals surface area contributed by atoms with E-state index in [1.54, 1.807) is 0 Å². The average molecular weight is 170 g/mol. The Bertz CT molecular complexity index is 153. The van der Waals surface area contributed by atoms with Crippen molar-refractivity contribution >= 4 is 11.8 Å². The van der Waals surface area contributed by atoms with Crippen LogP contribution in [0.5, 0.6) is 0 Å². The summed E-state index contributed by atoms with van der Waals surface area (Å²) in [7, 11) is 0. The normalized spacial score (nSPS) is 29.8. The lowest BCUT2D eigenvalue weighted by molar-refractivity contribution is 0.626. The minimum Gasteiger partial charge on any atom is -0.320 e. The van der Waals surface area contributed by atoms with Crippen LogP contribution in [0.25, 0.3) is 0 Å². The van der Waals surface area contributed by atoms with Crippen molar-refractivity contribution in [2.45, 2.75) is 37.5 Å². The monoisotopic (exact) mass is 170 g/mol. The summed E-state index contributed by atoms with van der Waals surface area (Å²) in [5, 5.41) is 12.0. The number of nitrogens with one attached hydrogen (secondary N) is 1. The fraction of sp³-hybridized carbons (Fsp3) is 0.875. The van der Waals surface area contributed by atoms with Gasteiger partial charge in [-0.15, -0.1) is 0 Å². The van der Waals surface area contributed by atoms with E-state index in [0.29, 0.717) is 11.3 Å². The molecule has 2 unspecified atom stereocenters. The molecule has 1 aliphatic rings. The van der Waals surface area contributed by atoms with Gasteiger partial charge in [-0.05, 0) is 18.6 Å². The van der Waals surface area contributed by atoms with Gasteiger partial charge in [0.05, 0.1) is 0 Å². The van der Waals surface area contributed by atoms with E-state index in [-0.39, 0.29) is 0 Å². The van der Waals surface area contributed by atoms with E-state index < -0.39 is 0 Å². The van der Waals surface area contributed by atoms with Crippen molar-refractivity contribution in [2.24, 2.45) is 0 Å². The molecule has 0 aromatic carbocycles. The minimum absolute atomic E-state index is 0.449. The van der Waals surface area contributed by atoms with Gasteiger partial charge in [0.15, 0.2) is 6.19 Å². The molecule has 0 aliphatic heterocycles. The van der Waals surface area contributed by atoms with E-state index in [0.717, 1.165) is 5.75 Å². The van der Waals surface area contributed by atoms with Gasteiger partial charge in [-0.2, -0.15) is 17.0 Å². The molecule has 3 heteroatoms. The Morgan fingerprint density at radius 2 is 2.45 bits per heavy atom. The fourth-order valence-corrected chi connectivity index (χ4v) is 2.79. The predicted molar refractivity (Wildman–Crippen MR) is 48.3 cm³/mol. The fourth-order valence-electron chi connectivity index (χ4n) is 1.59. The molecule has 0 heterocycles. The molecule has 0 aromatic rings. The Labute approximate surface area is 72.4 Å². The molecule has 0 aromatic heterocycles. The topological polar surface area (TPSA) is 35.8 Å². The first kappa shape index (κ1) is 8.73. The zero-order valence-corrected chi connectivity index (χ0v) is 7.66. The third-order valence-corrected chi connectivity index (χ3v) is 3.41. The molecule has 11 heavy (non-hydrogen) atoms. The van der Waals surface area contributed by atoms with Crippen LogP contribution in [0.2, 0.25) is 0 Å². The van der Waals surface area contributed by atoms with Gasteiger partial charge in [0.1, 0.15) is 0 Å². The second-order valence-electron chi connectivity index (χ2n) is 2.79. The van der Waals surface area contributed by atoms with E-state index in [9.17, 15) is 0 Å². The lowest BCUT2D eigenvalue weighted by Crippen LogP contribution is -2.30. The number of thioether (sulfide) groups is 1. The zero-order chi connectivity index (χ0) is 8.10. The van der Waals surface area contributed by atoms with Crippen LogP contribution in [0.4, 0.5) is 0 Å². The molecular formula is C8H14N2S. The molecule has 1 rings (SSSR count). The van der Waals surface area contributed by atoms with Crippen molar-refractivity contribution in [1.82, 2.24) is 5.32 Å². The number of nitrogens with zero attached hydrogens (tertiary/aromatic N) is 1. The summed E-state index contributed by atoms with van der Waals surface area (Å²) in [5.74, 6) is 1.16. The summed E-state index contributed by atoms with van der Waals surface area (Å²) in [5.41, 5.74) is 0. The Hall–Kier alpha value is -0.360. The van der Waals surface area contributed by atoms with Gasteiger partial charge >= 0.3 is 0 Å². The van der Waals surface area contributed by atoms with Crippen LogP contribution in [0, 0.1) is 11.5 Å². The highest BCUT2D eigenvalue weighted by Gasteiger charge is 2.26. The minimum atomic E-state index is 0.449. The lowest BCUT2D eigenvalue weighted by atomic mass is 10.2. The molecule has 1 aliphatic carbocycles. The highest BCUT2D eigenvalue weighted by Crippen LogP contribution is 2.29. The predicted octanol–water partition coefficient (Wildman–Crippen LogP) is 1.73. The summed E-state index contributed by atoms with van der Waals surface area (Å²) < 4.78 is 0. The standard InChI is InChI=1S/C8H14N2S/c1-2-11-8-5-3-4-7(8)10-6-9/h7-8,10H,2-5H2,1H3. The first-order chi connectivity index (χ1) is 5.38. The van der Waals surface area contributed by atoms with E-state index in [1.807, 2.05) is 18.0 Å². The van der Waals surface area contributed by atoms with Gasteiger partial charge in [0.2, 0.25) is 0 Å². The molecule has 0 bridgehead atoms. The smallest absolute Gasteiger partial charge is 0.176 e. The molecule has 0 radical (unpaired) electrons. The van der Waals surface area contributed by atoms with Gasteiger partial charge < -0.3 is 5.32 Å². The lowest BCUT2D eigenvalue weighted by Gasteiger charge is -2.15. The molecule has 1 saturated carbocycles. The van der Waals surface area contributed by atoms with Crippen LogP contribution in [-0.4, -0.2) is 17.0 Å². The van der Waals surface area contributed by atoms with Crippen molar-refractivity contribution in [1.29, 1.82) is 5.26 Å². The third-order valence-electron chi connectivity index (χ3n) is 2.08. The maximum atomic E-state index is 8.44. The molecule has 0 spiro atoms. The average Bonchev–Trinajstić information content (AvgIpc) is 2.39. The molecule has 1 fully saturated rings. The van der Waals surface area contributed by atoms with Crippen LogP contribution in [-0.2, 0) is 0 Å². The summed E-state index contributed by atoms with van der Waals surface area (Å²) in [6, 6.07) is 0.449. The molecule has 2 nitrogen and oxygen atoms in total.